The zero-order valence-electron chi connectivity index (χ0n) is 11.4. The van der Waals surface area contributed by atoms with E-state index in [0.717, 1.165) is 11.8 Å². The Hall–Kier alpha value is -1.44. The maximum atomic E-state index is 11.5. The molecule has 2 unspecified atom stereocenters. The molecule has 0 fully saturated rings. The van der Waals surface area contributed by atoms with Gasteiger partial charge in [-0.15, -0.1) is 11.8 Å². The number of carbonyl (C=O) groups is 3. The van der Waals surface area contributed by atoms with Gasteiger partial charge in [-0.25, -0.2) is 9.59 Å². The van der Waals surface area contributed by atoms with Crippen LogP contribution in [0.5, 0.6) is 0 Å². The van der Waals surface area contributed by atoms with Crippen LogP contribution in [0.1, 0.15) is 27.7 Å². The first-order valence-electron chi connectivity index (χ1n) is 5.66. The van der Waals surface area contributed by atoms with Crippen LogP contribution in [0.25, 0.3) is 0 Å². The Morgan fingerprint density at radius 2 is 1.89 bits per heavy atom. The zero-order valence-corrected chi connectivity index (χ0v) is 12.2. The molecule has 0 aliphatic heterocycles. The van der Waals surface area contributed by atoms with Crippen LogP contribution in [-0.4, -0.2) is 45.7 Å². The van der Waals surface area contributed by atoms with Crippen LogP contribution < -0.4 is 11.1 Å². The number of primary amides is 1. The molecule has 2 atom stereocenters. The maximum absolute atomic E-state index is 11.5. The molecule has 0 radical (unpaired) electrons. The van der Waals surface area contributed by atoms with Crippen molar-refractivity contribution >= 4 is 29.7 Å². The lowest BCUT2D eigenvalue weighted by molar-refractivity contribution is -0.138. The van der Waals surface area contributed by atoms with Crippen LogP contribution in [-0.2, 0) is 14.3 Å². The molecule has 0 aliphatic carbocycles. The largest absolute Gasteiger partial charge is 0.480 e. The van der Waals surface area contributed by atoms with Crippen LogP contribution >= 0.6 is 11.8 Å². The quantitative estimate of drug-likeness (QED) is 0.658. The second kappa shape index (κ2) is 7.22. The normalized spacial score (nSPS) is 14.3. The summed E-state index contributed by atoms with van der Waals surface area (Å²) in [4.78, 5) is 33.3. The molecule has 0 saturated carbocycles. The van der Waals surface area contributed by atoms with Gasteiger partial charge >= 0.3 is 12.1 Å². The van der Waals surface area contributed by atoms with Gasteiger partial charge in [0.1, 0.15) is 11.6 Å². The predicted octanol–water partition coefficient (Wildman–Crippen LogP) is 0.571. The fourth-order valence-electron chi connectivity index (χ4n) is 0.947. The molecule has 0 heterocycles. The Bertz CT molecular complexity index is 353. The minimum absolute atomic E-state index is 0.0265. The van der Waals surface area contributed by atoms with Crippen LogP contribution in [0, 0.1) is 0 Å². The van der Waals surface area contributed by atoms with Gasteiger partial charge in [0, 0.05) is 5.75 Å². The van der Waals surface area contributed by atoms with E-state index in [1.807, 2.05) is 0 Å². The molecule has 0 aromatic carbocycles. The standard InChI is InChI=1S/C11H20N2O5S/c1-6(8(12)14)19-5-7(9(15)16)13-10(17)18-11(2,3)4/h6-7H,5H2,1-4H3,(H2,12,14)(H,13,17)(H,15,16). The third kappa shape index (κ3) is 8.30. The Morgan fingerprint density at radius 1 is 1.37 bits per heavy atom. The zero-order chi connectivity index (χ0) is 15.2. The van der Waals surface area contributed by atoms with E-state index < -0.39 is 34.9 Å². The number of thioether (sulfide) groups is 1. The average molecular weight is 292 g/mol. The summed E-state index contributed by atoms with van der Waals surface area (Å²) in [5.41, 5.74) is 4.36. The third-order valence-electron chi connectivity index (χ3n) is 1.90. The summed E-state index contributed by atoms with van der Waals surface area (Å²) in [5.74, 6) is -1.71. The summed E-state index contributed by atoms with van der Waals surface area (Å²) in [6.45, 7) is 6.59. The van der Waals surface area contributed by atoms with Crippen LogP contribution in [0.4, 0.5) is 4.79 Å². The third-order valence-corrected chi connectivity index (χ3v) is 3.16. The molecule has 0 saturated heterocycles. The fourth-order valence-corrected chi connectivity index (χ4v) is 1.82. The van der Waals surface area contributed by atoms with Crippen molar-refractivity contribution in [1.82, 2.24) is 5.32 Å². The number of nitrogens with one attached hydrogen (secondary N) is 1. The van der Waals surface area contributed by atoms with E-state index in [4.69, 9.17) is 15.6 Å². The molecule has 110 valence electrons. The number of nitrogens with two attached hydrogens (primary N) is 1. The van der Waals surface area contributed by atoms with Crippen molar-refractivity contribution in [2.75, 3.05) is 5.75 Å². The van der Waals surface area contributed by atoms with E-state index >= 15 is 0 Å². The minimum atomic E-state index is -1.20. The van der Waals surface area contributed by atoms with Gasteiger partial charge in [-0.1, -0.05) is 0 Å². The van der Waals surface area contributed by atoms with Gasteiger partial charge in [0.05, 0.1) is 5.25 Å². The van der Waals surface area contributed by atoms with E-state index in [1.54, 1.807) is 27.7 Å². The lowest BCUT2D eigenvalue weighted by Crippen LogP contribution is -2.45. The molecule has 19 heavy (non-hydrogen) atoms. The molecule has 0 aromatic rings. The van der Waals surface area contributed by atoms with Gasteiger partial charge in [0.2, 0.25) is 5.91 Å². The van der Waals surface area contributed by atoms with Gasteiger partial charge < -0.3 is 20.9 Å². The van der Waals surface area contributed by atoms with Crippen molar-refractivity contribution in [2.45, 2.75) is 44.6 Å². The summed E-state index contributed by atoms with van der Waals surface area (Å²) in [7, 11) is 0. The van der Waals surface area contributed by atoms with Gasteiger partial charge in [-0.05, 0) is 27.7 Å². The molecule has 0 aromatic heterocycles. The lowest BCUT2D eigenvalue weighted by Gasteiger charge is -2.22. The molecule has 0 spiro atoms. The molecule has 2 amide bonds. The van der Waals surface area contributed by atoms with Crippen molar-refractivity contribution < 1.29 is 24.2 Å². The predicted molar refractivity (Wildman–Crippen MR) is 71.9 cm³/mol. The second-order valence-electron chi connectivity index (χ2n) is 4.91. The molecule has 0 aliphatic rings. The van der Waals surface area contributed by atoms with E-state index in [-0.39, 0.29) is 5.75 Å². The molecule has 0 bridgehead atoms. The molecule has 7 nitrogen and oxygen atoms in total. The first-order chi connectivity index (χ1) is 8.53. The monoisotopic (exact) mass is 292 g/mol. The first-order valence-corrected chi connectivity index (χ1v) is 6.71. The number of alkyl carbamates (subject to hydrolysis) is 1. The van der Waals surface area contributed by atoms with Crippen molar-refractivity contribution in [3.63, 3.8) is 0 Å². The van der Waals surface area contributed by atoms with E-state index in [9.17, 15) is 14.4 Å². The molecule has 4 N–H and O–H groups in total. The minimum Gasteiger partial charge on any atom is -0.480 e. The maximum Gasteiger partial charge on any atom is 0.408 e. The van der Waals surface area contributed by atoms with Crippen molar-refractivity contribution in [3.8, 4) is 0 Å². The Kier molecular flexibility index (Phi) is 6.68. The summed E-state index contributed by atoms with van der Waals surface area (Å²) in [6.07, 6.45) is -0.813. The number of aliphatic carboxylic acids is 1. The highest BCUT2D eigenvalue weighted by Gasteiger charge is 2.25. The number of carboxylic acid groups (broad SMARTS) is 1. The highest BCUT2D eigenvalue weighted by molar-refractivity contribution is 8.00. The van der Waals surface area contributed by atoms with Gasteiger partial charge in [0.25, 0.3) is 0 Å². The number of carbonyl (C=O) groups excluding carboxylic acids is 2. The van der Waals surface area contributed by atoms with E-state index in [2.05, 4.69) is 5.32 Å². The summed E-state index contributed by atoms with van der Waals surface area (Å²) in [6, 6.07) is -1.14. The van der Waals surface area contributed by atoms with Crippen molar-refractivity contribution in [2.24, 2.45) is 5.73 Å². The highest BCUT2D eigenvalue weighted by Crippen LogP contribution is 2.12. The number of hydrogen-bond donors (Lipinski definition) is 3. The topological polar surface area (TPSA) is 119 Å². The number of carboxylic acids is 1. The number of ether oxygens (including phenoxy) is 1. The molecule has 0 rings (SSSR count). The molecule has 8 heteroatoms. The molecular weight excluding hydrogens is 272 g/mol. The van der Waals surface area contributed by atoms with Gasteiger partial charge in [-0.2, -0.15) is 0 Å². The highest BCUT2D eigenvalue weighted by atomic mass is 32.2. The van der Waals surface area contributed by atoms with Crippen molar-refractivity contribution in [1.29, 1.82) is 0 Å². The summed E-state index contributed by atoms with van der Waals surface area (Å²) < 4.78 is 4.96. The van der Waals surface area contributed by atoms with E-state index in [1.165, 1.54) is 0 Å². The Labute approximate surface area is 116 Å². The second-order valence-corrected chi connectivity index (χ2v) is 6.29. The first kappa shape index (κ1) is 17.6. The number of hydrogen-bond acceptors (Lipinski definition) is 5. The van der Waals surface area contributed by atoms with Crippen LogP contribution in [0.15, 0.2) is 0 Å². The van der Waals surface area contributed by atoms with Crippen LogP contribution in [0.2, 0.25) is 0 Å². The smallest absolute Gasteiger partial charge is 0.408 e. The fraction of sp³-hybridized carbons (Fsp3) is 0.727. The lowest BCUT2D eigenvalue weighted by atomic mass is 10.2. The number of amides is 2. The SMILES string of the molecule is CC(SCC(NC(=O)OC(C)(C)C)C(=O)O)C(N)=O. The van der Waals surface area contributed by atoms with Crippen LogP contribution in [0.3, 0.4) is 0 Å². The van der Waals surface area contributed by atoms with Gasteiger partial charge in [-0.3, -0.25) is 4.79 Å². The van der Waals surface area contributed by atoms with E-state index in [0.29, 0.717) is 0 Å². The number of rotatable bonds is 6. The Balaban J connectivity index is 4.39. The Morgan fingerprint density at radius 3 is 2.26 bits per heavy atom. The van der Waals surface area contributed by atoms with Crippen molar-refractivity contribution in [3.05, 3.63) is 0 Å². The summed E-state index contributed by atoms with van der Waals surface area (Å²) in [5, 5.41) is 10.7. The summed E-state index contributed by atoms with van der Waals surface area (Å²) >= 11 is 1.06. The molecular formula is C11H20N2O5S. The van der Waals surface area contributed by atoms with Gasteiger partial charge in [0.15, 0.2) is 0 Å². The average Bonchev–Trinajstić information content (AvgIpc) is 2.20.